The zero-order valence-corrected chi connectivity index (χ0v) is 15.1. The highest BCUT2D eigenvalue weighted by molar-refractivity contribution is 6.30. The molecule has 124 valence electrons. The summed E-state index contributed by atoms with van der Waals surface area (Å²) in [5, 5.41) is 2.32. The Morgan fingerprint density at radius 3 is 2.62 bits per heavy atom. The van der Waals surface area contributed by atoms with E-state index in [1.54, 1.807) is 7.11 Å². The van der Waals surface area contributed by atoms with Crippen LogP contribution in [0.1, 0.15) is 11.1 Å². The molecule has 0 amide bonds. The van der Waals surface area contributed by atoms with Gasteiger partial charge in [-0.3, -0.25) is 4.90 Å². The zero-order chi connectivity index (χ0) is 17.1. The van der Waals surface area contributed by atoms with Gasteiger partial charge in [-0.15, -0.1) is 0 Å². The summed E-state index contributed by atoms with van der Waals surface area (Å²) in [6.45, 7) is 1.50. The van der Waals surface area contributed by atoms with E-state index in [0.717, 1.165) is 33.8 Å². The van der Waals surface area contributed by atoms with Crippen LogP contribution in [0.5, 0.6) is 5.75 Å². The molecule has 0 aliphatic rings. The Kier molecular flexibility index (Phi) is 5.24. The molecular weight excluding hydrogens is 343 g/mol. The van der Waals surface area contributed by atoms with Crippen molar-refractivity contribution in [2.75, 3.05) is 14.2 Å². The smallest absolute Gasteiger partial charge is 0.134 e. The Morgan fingerprint density at radius 2 is 1.88 bits per heavy atom. The maximum absolute atomic E-state index is 6.37. The minimum atomic E-state index is 0.522. The van der Waals surface area contributed by atoms with Gasteiger partial charge >= 0.3 is 0 Å². The van der Waals surface area contributed by atoms with E-state index >= 15 is 0 Å². The van der Waals surface area contributed by atoms with Crippen molar-refractivity contribution in [3.63, 3.8) is 0 Å². The molecule has 3 rings (SSSR count). The molecule has 0 aliphatic heterocycles. The first kappa shape index (κ1) is 17.0. The second kappa shape index (κ2) is 7.39. The molecule has 0 spiro atoms. The van der Waals surface area contributed by atoms with Gasteiger partial charge in [-0.1, -0.05) is 35.3 Å². The van der Waals surface area contributed by atoms with Crippen molar-refractivity contribution < 1.29 is 4.74 Å². The number of hydrogen-bond donors (Lipinski definition) is 0. The van der Waals surface area contributed by atoms with E-state index in [1.165, 1.54) is 5.56 Å². The van der Waals surface area contributed by atoms with Crippen molar-refractivity contribution in [2.45, 2.75) is 13.1 Å². The first-order valence-electron chi connectivity index (χ1n) is 7.61. The molecule has 1 heterocycles. The predicted octanol–water partition coefficient (Wildman–Crippen LogP) is 5.18. The lowest BCUT2D eigenvalue weighted by atomic mass is 10.1. The van der Waals surface area contributed by atoms with Crippen molar-refractivity contribution in [2.24, 2.45) is 0 Å². The second-order valence-corrected chi connectivity index (χ2v) is 6.59. The molecule has 3 nitrogen and oxygen atoms in total. The summed E-state index contributed by atoms with van der Waals surface area (Å²) in [7, 11) is 3.69. The van der Waals surface area contributed by atoms with Crippen LogP contribution in [-0.4, -0.2) is 24.0 Å². The maximum Gasteiger partial charge on any atom is 0.134 e. The summed E-state index contributed by atoms with van der Waals surface area (Å²) in [6.07, 6.45) is 0. The molecule has 0 saturated heterocycles. The van der Waals surface area contributed by atoms with Crippen LogP contribution >= 0.6 is 23.2 Å². The lowest BCUT2D eigenvalue weighted by Gasteiger charge is -2.18. The van der Waals surface area contributed by atoms with Gasteiger partial charge in [0.25, 0.3) is 0 Å². The second-order valence-electron chi connectivity index (χ2n) is 5.80. The Morgan fingerprint density at radius 1 is 1.04 bits per heavy atom. The van der Waals surface area contributed by atoms with Gasteiger partial charge in [0.2, 0.25) is 0 Å². The highest BCUT2D eigenvalue weighted by atomic mass is 35.5. The van der Waals surface area contributed by atoms with Crippen molar-refractivity contribution in [3.05, 3.63) is 69.8 Å². The summed E-state index contributed by atoms with van der Waals surface area (Å²) in [4.78, 5) is 6.68. The number of rotatable bonds is 5. The first-order chi connectivity index (χ1) is 11.5. The van der Waals surface area contributed by atoms with Crippen molar-refractivity contribution in [1.29, 1.82) is 0 Å². The van der Waals surface area contributed by atoms with Gasteiger partial charge in [-0.05, 0) is 42.9 Å². The van der Waals surface area contributed by atoms with Gasteiger partial charge in [-0.25, -0.2) is 4.98 Å². The number of nitrogens with zero attached hydrogens (tertiary/aromatic N) is 2. The van der Waals surface area contributed by atoms with Crippen molar-refractivity contribution in [1.82, 2.24) is 9.88 Å². The largest absolute Gasteiger partial charge is 0.497 e. The average Bonchev–Trinajstić information content (AvgIpc) is 2.55. The van der Waals surface area contributed by atoms with E-state index in [0.29, 0.717) is 11.7 Å². The molecule has 0 atom stereocenters. The van der Waals surface area contributed by atoms with Crippen LogP contribution < -0.4 is 4.74 Å². The molecule has 1 aromatic heterocycles. The summed E-state index contributed by atoms with van der Waals surface area (Å²) in [5.41, 5.74) is 3.00. The van der Waals surface area contributed by atoms with Crippen LogP contribution in [0.25, 0.3) is 10.9 Å². The topological polar surface area (TPSA) is 25.4 Å². The fourth-order valence-electron chi connectivity index (χ4n) is 2.70. The van der Waals surface area contributed by atoms with Crippen LogP contribution in [0.2, 0.25) is 10.2 Å². The first-order valence-corrected chi connectivity index (χ1v) is 8.37. The Balaban J connectivity index is 1.80. The molecule has 3 aromatic rings. The molecule has 5 heteroatoms. The Bertz CT molecular complexity index is 867. The molecule has 0 saturated carbocycles. The Hall–Kier alpha value is -1.81. The van der Waals surface area contributed by atoms with E-state index in [-0.39, 0.29) is 0 Å². The third kappa shape index (κ3) is 3.99. The number of benzene rings is 2. The van der Waals surface area contributed by atoms with Gasteiger partial charge in [-0.2, -0.15) is 0 Å². The van der Waals surface area contributed by atoms with Crippen LogP contribution in [0, 0.1) is 0 Å². The number of ether oxygens (including phenoxy) is 1. The lowest BCUT2D eigenvalue weighted by molar-refractivity contribution is 0.319. The predicted molar refractivity (Wildman–Crippen MR) is 99.9 cm³/mol. The average molecular weight is 361 g/mol. The van der Waals surface area contributed by atoms with Crippen molar-refractivity contribution >= 4 is 34.1 Å². The summed E-state index contributed by atoms with van der Waals surface area (Å²) < 4.78 is 5.23. The third-order valence-corrected chi connectivity index (χ3v) is 4.40. The minimum absolute atomic E-state index is 0.522. The fraction of sp³-hybridized carbons (Fsp3) is 0.211. The highest BCUT2D eigenvalue weighted by Gasteiger charge is 2.09. The molecular formula is C19H18Cl2N2O. The van der Waals surface area contributed by atoms with E-state index in [1.807, 2.05) is 36.4 Å². The van der Waals surface area contributed by atoms with Gasteiger partial charge < -0.3 is 4.74 Å². The van der Waals surface area contributed by atoms with Gasteiger partial charge in [0.15, 0.2) is 0 Å². The van der Waals surface area contributed by atoms with E-state index < -0.39 is 0 Å². The Labute approximate surface area is 151 Å². The monoisotopic (exact) mass is 360 g/mol. The van der Waals surface area contributed by atoms with Crippen LogP contribution in [0.4, 0.5) is 0 Å². The van der Waals surface area contributed by atoms with E-state index in [9.17, 15) is 0 Å². The maximum atomic E-state index is 6.37. The number of methoxy groups -OCH3 is 1. The molecule has 0 fully saturated rings. The fourth-order valence-corrected chi connectivity index (χ4v) is 3.12. The highest BCUT2D eigenvalue weighted by Crippen LogP contribution is 2.25. The van der Waals surface area contributed by atoms with Gasteiger partial charge in [0, 0.05) is 35.1 Å². The summed E-state index contributed by atoms with van der Waals surface area (Å²) in [5.74, 6) is 0.775. The molecule has 2 aromatic carbocycles. The third-order valence-electron chi connectivity index (χ3n) is 3.83. The van der Waals surface area contributed by atoms with Crippen LogP contribution in [0.15, 0.2) is 48.5 Å². The normalized spacial score (nSPS) is 11.2. The molecule has 24 heavy (non-hydrogen) atoms. The van der Waals surface area contributed by atoms with Crippen LogP contribution in [0.3, 0.4) is 0 Å². The number of fused-ring (bicyclic) bond motifs is 1. The van der Waals surface area contributed by atoms with Gasteiger partial charge in [0.05, 0.1) is 12.6 Å². The summed E-state index contributed by atoms with van der Waals surface area (Å²) in [6, 6.07) is 15.8. The molecule has 0 radical (unpaired) electrons. The molecule has 0 aliphatic carbocycles. The minimum Gasteiger partial charge on any atom is -0.497 e. The van der Waals surface area contributed by atoms with Crippen LogP contribution in [-0.2, 0) is 13.1 Å². The number of pyridine rings is 1. The summed E-state index contributed by atoms with van der Waals surface area (Å²) >= 11 is 12.4. The van der Waals surface area contributed by atoms with Crippen molar-refractivity contribution in [3.8, 4) is 5.75 Å². The number of aromatic nitrogens is 1. The zero-order valence-electron chi connectivity index (χ0n) is 13.6. The lowest BCUT2D eigenvalue weighted by Crippen LogP contribution is -2.17. The quantitative estimate of drug-likeness (QED) is 0.586. The SMILES string of the molecule is COc1ccc2cc(CN(C)Cc3cccc(Cl)c3)c(Cl)nc2c1. The number of hydrogen-bond acceptors (Lipinski definition) is 3. The molecule has 0 N–H and O–H groups in total. The van der Waals surface area contributed by atoms with E-state index in [2.05, 4.69) is 29.1 Å². The molecule has 0 unspecified atom stereocenters. The van der Waals surface area contributed by atoms with Gasteiger partial charge in [0.1, 0.15) is 10.9 Å². The standard InChI is InChI=1S/C19H18Cl2N2O/c1-23(11-13-4-3-5-16(20)8-13)12-15-9-14-6-7-17(24-2)10-18(14)22-19(15)21/h3-10H,11-12H2,1-2H3. The number of halogens is 2. The molecule has 0 bridgehead atoms. The van der Waals surface area contributed by atoms with E-state index in [4.69, 9.17) is 27.9 Å².